The zero-order valence-electron chi connectivity index (χ0n) is 16.6. The minimum atomic E-state index is 0.0246. The van der Waals surface area contributed by atoms with Gasteiger partial charge < -0.3 is 14.4 Å². The largest absolute Gasteiger partial charge is 0.350 e. The van der Waals surface area contributed by atoms with Crippen LogP contribution in [0.4, 0.5) is 0 Å². The Labute approximate surface area is 154 Å². The lowest BCUT2D eigenvalue weighted by atomic mass is 9.63. The van der Waals surface area contributed by atoms with Crippen molar-refractivity contribution in [2.75, 3.05) is 26.2 Å². The third-order valence-corrected chi connectivity index (χ3v) is 7.30. The summed E-state index contributed by atoms with van der Waals surface area (Å²) in [4.78, 5) is 2.58. The van der Waals surface area contributed by atoms with Crippen molar-refractivity contribution in [1.29, 1.82) is 0 Å². The van der Waals surface area contributed by atoms with Crippen LogP contribution in [-0.2, 0) is 9.47 Å². The summed E-state index contributed by atoms with van der Waals surface area (Å²) in [5.41, 5.74) is 3.90. The fourth-order valence-electron chi connectivity index (χ4n) is 5.73. The van der Waals surface area contributed by atoms with Gasteiger partial charge in [0.2, 0.25) is 0 Å². The molecule has 0 radical (unpaired) electrons. The van der Waals surface area contributed by atoms with E-state index in [-0.39, 0.29) is 12.4 Å². The summed E-state index contributed by atoms with van der Waals surface area (Å²) >= 11 is 0. The Kier molecular flexibility index (Phi) is 5.28. The van der Waals surface area contributed by atoms with E-state index in [0.717, 1.165) is 13.2 Å². The van der Waals surface area contributed by atoms with Crippen molar-refractivity contribution in [3.8, 4) is 0 Å². The van der Waals surface area contributed by atoms with Crippen LogP contribution in [0.5, 0.6) is 0 Å². The number of rotatable bonds is 3. The van der Waals surface area contributed by atoms with Crippen molar-refractivity contribution >= 4 is 0 Å². The van der Waals surface area contributed by atoms with Crippen LogP contribution in [0.15, 0.2) is 11.1 Å². The lowest BCUT2D eigenvalue weighted by Gasteiger charge is -2.44. The van der Waals surface area contributed by atoms with E-state index in [0.29, 0.717) is 17.3 Å². The lowest BCUT2D eigenvalue weighted by Crippen LogP contribution is -2.39. The van der Waals surface area contributed by atoms with Crippen LogP contribution in [-0.4, -0.2) is 43.5 Å². The molecule has 0 aromatic rings. The molecule has 2 heterocycles. The van der Waals surface area contributed by atoms with Crippen LogP contribution in [0, 0.1) is 17.3 Å². The normalized spacial score (nSPS) is 39.5. The SMILES string of the molecule is C[C@@H]1CC2=C(C[C@@H]1[C@H]1OC[C@@H](CN3CCCCC3)O1)C(C)(C)CCC2. The van der Waals surface area contributed by atoms with Crippen molar-refractivity contribution in [3.63, 3.8) is 0 Å². The first kappa shape index (κ1) is 18.0. The molecule has 0 aromatic carbocycles. The van der Waals surface area contributed by atoms with Crippen LogP contribution in [0.1, 0.15) is 72.1 Å². The Morgan fingerprint density at radius 1 is 1.08 bits per heavy atom. The highest BCUT2D eigenvalue weighted by molar-refractivity contribution is 5.27. The first-order chi connectivity index (χ1) is 12.0. The average molecular weight is 348 g/mol. The molecule has 0 spiro atoms. The maximum absolute atomic E-state index is 6.44. The molecule has 3 heteroatoms. The zero-order valence-corrected chi connectivity index (χ0v) is 16.6. The van der Waals surface area contributed by atoms with Crippen LogP contribution >= 0.6 is 0 Å². The molecule has 0 N–H and O–H groups in total. The number of nitrogens with zero attached hydrogens (tertiary/aromatic N) is 1. The maximum atomic E-state index is 6.44. The van der Waals surface area contributed by atoms with Gasteiger partial charge in [0.25, 0.3) is 0 Å². The van der Waals surface area contributed by atoms with E-state index in [1.807, 2.05) is 0 Å². The van der Waals surface area contributed by atoms with Gasteiger partial charge in [0.05, 0.1) is 12.7 Å². The summed E-state index contributed by atoms with van der Waals surface area (Å²) in [6.07, 6.45) is 10.9. The van der Waals surface area contributed by atoms with Gasteiger partial charge in [0.15, 0.2) is 6.29 Å². The topological polar surface area (TPSA) is 21.7 Å². The molecule has 4 atom stereocenters. The standard InChI is InChI=1S/C22H37NO2/c1-16-12-17-8-7-9-22(2,3)20(17)13-19(16)21-24-15-18(25-21)14-23-10-5-4-6-11-23/h16,18-19,21H,4-15H2,1-3H3/t16-,18-,19+,21+/m1/s1. The molecule has 4 rings (SSSR count). The third kappa shape index (κ3) is 3.84. The molecular weight excluding hydrogens is 310 g/mol. The first-order valence-corrected chi connectivity index (χ1v) is 10.7. The number of hydrogen-bond donors (Lipinski definition) is 0. The summed E-state index contributed by atoms with van der Waals surface area (Å²) in [5, 5.41) is 0. The molecule has 0 unspecified atom stereocenters. The molecule has 0 aromatic heterocycles. The van der Waals surface area contributed by atoms with Crippen molar-refractivity contribution in [3.05, 3.63) is 11.1 Å². The van der Waals surface area contributed by atoms with Gasteiger partial charge in [-0.05, 0) is 69.4 Å². The minimum Gasteiger partial charge on any atom is -0.350 e. The van der Waals surface area contributed by atoms with Gasteiger partial charge in [0, 0.05) is 12.5 Å². The summed E-state index contributed by atoms with van der Waals surface area (Å²) in [7, 11) is 0. The quantitative estimate of drug-likeness (QED) is 0.687. The predicted octanol–water partition coefficient (Wildman–Crippen LogP) is 4.77. The molecule has 0 bridgehead atoms. The second-order valence-corrected chi connectivity index (χ2v) is 9.69. The van der Waals surface area contributed by atoms with E-state index >= 15 is 0 Å². The molecule has 3 nitrogen and oxygen atoms in total. The van der Waals surface area contributed by atoms with E-state index in [2.05, 4.69) is 25.7 Å². The number of hydrogen-bond acceptors (Lipinski definition) is 3. The highest BCUT2D eigenvalue weighted by atomic mass is 16.7. The maximum Gasteiger partial charge on any atom is 0.161 e. The highest BCUT2D eigenvalue weighted by Crippen LogP contribution is 2.50. The Bertz CT molecular complexity index is 506. The molecule has 0 saturated carbocycles. The molecule has 2 aliphatic carbocycles. The number of allylic oxidation sites excluding steroid dienone is 2. The Morgan fingerprint density at radius 3 is 2.68 bits per heavy atom. The van der Waals surface area contributed by atoms with E-state index in [4.69, 9.17) is 9.47 Å². The van der Waals surface area contributed by atoms with Crippen LogP contribution in [0.2, 0.25) is 0 Å². The van der Waals surface area contributed by atoms with E-state index < -0.39 is 0 Å². The Morgan fingerprint density at radius 2 is 1.88 bits per heavy atom. The van der Waals surface area contributed by atoms with Crippen molar-refractivity contribution in [2.24, 2.45) is 17.3 Å². The first-order valence-electron chi connectivity index (χ1n) is 10.7. The van der Waals surface area contributed by atoms with Crippen LogP contribution in [0.3, 0.4) is 0 Å². The van der Waals surface area contributed by atoms with Gasteiger partial charge in [-0.3, -0.25) is 0 Å². The molecule has 2 fully saturated rings. The molecule has 2 saturated heterocycles. The lowest BCUT2D eigenvalue weighted by molar-refractivity contribution is -0.115. The predicted molar refractivity (Wildman–Crippen MR) is 101 cm³/mol. The summed E-state index contributed by atoms with van der Waals surface area (Å²) < 4.78 is 12.6. The number of ether oxygens (including phenoxy) is 2. The highest BCUT2D eigenvalue weighted by Gasteiger charge is 2.42. The van der Waals surface area contributed by atoms with Crippen molar-refractivity contribution in [1.82, 2.24) is 4.90 Å². The van der Waals surface area contributed by atoms with Gasteiger partial charge in [-0.1, -0.05) is 38.3 Å². The smallest absolute Gasteiger partial charge is 0.161 e. The molecule has 0 amide bonds. The van der Waals surface area contributed by atoms with Gasteiger partial charge in [-0.2, -0.15) is 0 Å². The van der Waals surface area contributed by atoms with Gasteiger partial charge >= 0.3 is 0 Å². The number of piperidine rings is 1. The minimum absolute atomic E-state index is 0.0246. The Hall–Kier alpha value is -0.380. The van der Waals surface area contributed by atoms with Gasteiger partial charge in [-0.25, -0.2) is 0 Å². The molecule has 4 aliphatic rings. The monoisotopic (exact) mass is 347 g/mol. The second kappa shape index (κ2) is 7.32. The van der Waals surface area contributed by atoms with E-state index in [9.17, 15) is 0 Å². The Balaban J connectivity index is 1.38. The molecule has 2 aliphatic heterocycles. The zero-order chi connectivity index (χ0) is 17.4. The van der Waals surface area contributed by atoms with Crippen molar-refractivity contribution in [2.45, 2.75) is 84.5 Å². The van der Waals surface area contributed by atoms with Gasteiger partial charge in [-0.15, -0.1) is 0 Å². The van der Waals surface area contributed by atoms with Crippen LogP contribution in [0.25, 0.3) is 0 Å². The number of likely N-dealkylation sites (tertiary alicyclic amines) is 1. The fourth-order valence-corrected chi connectivity index (χ4v) is 5.73. The summed E-state index contributed by atoms with van der Waals surface area (Å²) in [6.45, 7) is 11.7. The summed E-state index contributed by atoms with van der Waals surface area (Å²) in [6, 6.07) is 0. The fraction of sp³-hybridized carbons (Fsp3) is 0.909. The van der Waals surface area contributed by atoms with E-state index in [1.54, 1.807) is 11.1 Å². The average Bonchev–Trinajstić information content (AvgIpc) is 3.03. The van der Waals surface area contributed by atoms with Crippen LogP contribution < -0.4 is 0 Å². The second-order valence-electron chi connectivity index (χ2n) is 9.69. The van der Waals surface area contributed by atoms with Gasteiger partial charge in [0.1, 0.15) is 0 Å². The van der Waals surface area contributed by atoms with Crippen molar-refractivity contribution < 1.29 is 9.47 Å². The molecule has 25 heavy (non-hydrogen) atoms. The third-order valence-electron chi connectivity index (χ3n) is 7.30. The van der Waals surface area contributed by atoms with E-state index in [1.165, 1.54) is 64.5 Å². The molecule has 142 valence electrons. The summed E-state index contributed by atoms with van der Waals surface area (Å²) in [5.74, 6) is 1.23. The molecular formula is C22H37NO2.